The van der Waals surface area contributed by atoms with Crippen LogP contribution in [0.25, 0.3) is 0 Å². The molecule has 0 spiro atoms. The summed E-state index contributed by atoms with van der Waals surface area (Å²) in [6.45, 7) is 12.1. The predicted octanol–water partition coefficient (Wildman–Crippen LogP) is 2.14. The van der Waals surface area contributed by atoms with Crippen LogP contribution < -0.4 is 10.6 Å². The molecule has 1 saturated heterocycles. The molecule has 2 aliphatic rings. The molecule has 2 atom stereocenters. The minimum atomic E-state index is -1.04. The van der Waals surface area contributed by atoms with E-state index < -0.39 is 5.60 Å². The van der Waals surface area contributed by atoms with Crippen LogP contribution in [0, 0.1) is 19.8 Å². The van der Waals surface area contributed by atoms with Gasteiger partial charge in [-0.3, -0.25) is 0 Å². The zero-order chi connectivity index (χ0) is 18.7. The average Bonchev–Trinajstić information content (AvgIpc) is 3.23. The number of likely N-dealkylation sites (tertiary alicyclic amines) is 1. The van der Waals surface area contributed by atoms with Gasteiger partial charge in [0.05, 0.1) is 6.54 Å². The molecule has 2 fully saturated rings. The normalized spacial score (nSPS) is 23.9. The molecular formula is C20H34N4O2. The van der Waals surface area contributed by atoms with E-state index in [1.807, 2.05) is 19.9 Å². The summed E-state index contributed by atoms with van der Waals surface area (Å²) in [5.41, 5.74) is -0.231. The van der Waals surface area contributed by atoms with Gasteiger partial charge in [-0.15, -0.1) is 0 Å². The Labute approximate surface area is 157 Å². The van der Waals surface area contributed by atoms with Crippen LogP contribution >= 0.6 is 0 Å². The lowest BCUT2D eigenvalue weighted by Gasteiger charge is -2.22. The molecule has 6 nitrogen and oxygen atoms in total. The predicted molar refractivity (Wildman–Crippen MR) is 104 cm³/mol. The molecule has 3 rings (SSSR count). The molecular weight excluding hydrogens is 328 g/mol. The van der Waals surface area contributed by atoms with E-state index in [2.05, 4.69) is 27.4 Å². The lowest BCUT2D eigenvalue weighted by molar-refractivity contribution is 0.0657. The van der Waals surface area contributed by atoms with E-state index in [9.17, 15) is 5.11 Å². The third-order valence-corrected chi connectivity index (χ3v) is 5.45. The number of hydrogen-bond acceptors (Lipinski definition) is 4. The van der Waals surface area contributed by atoms with Crippen molar-refractivity contribution in [1.82, 2.24) is 15.5 Å². The number of aliphatic hydroxyl groups is 1. The highest BCUT2D eigenvalue weighted by Crippen LogP contribution is 2.31. The third-order valence-electron chi connectivity index (χ3n) is 5.45. The van der Waals surface area contributed by atoms with E-state index in [-0.39, 0.29) is 0 Å². The maximum absolute atomic E-state index is 10.9. The summed E-state index contributed by atoms with van der Waals surface area (Å²) in [6.07, 6.45) is 4.02. The molecule has 2 unspecified atom stereocenters. The quantitative estimate of drug-likeness (QED) is 0.512. The zero-order valence-electron chi connectivity index (χ0n) is 16.6. The number of furan rings is 1. The second-order valence-electron chi connectivity index (χ2n) is 8.06. The van der Waals surface area contributed by atoms with Gasteiger partial charge in [0, 0.05) is 31.2 Å². The number of aryl methyl sites for hydroxylation is 2. The van der Waals surface area contributed by atoms with Gasteiger partial charge in [-0.1, -0.05) is 0 Å². The molecule has 2 heterocycles. The van der Waals surface area contributed by atoms with Gasteiger partial charge in [0.15, 0.2) is 5.96 Å². The lowest BCUT2D eigenvalue weighted by atomic mass is 9.96. The molecule has 0 amide bonds. The fourth-order valence-electron chi connectivity index (χ4n) is 3.87. The number of nitrogens with one attached hydrogen (secondary N) is 2. The van der Waals surface area contributed by atoms with Crippen molar-refractivity contribution in [2.45, 2.75) is 58.6 Å². The first-order valence-electron chi connectivity index (χ1n) is 9.95. The van der Waals surface area contributed by atoms with Crippen LogP contribution in [-0.2, 0) is 5.60 Å². The molecule has 1 aromatic heterocycles. The Morgan fingerprint density at radius 2 is 2.12 bits per heavy atom. The van der Waals surface area contributed by atoms with Crippen molar-refractivity contribution in [2.24, 2.45) is 10.9 Å². The molecule has 0 aromatic carbocycles. The molecule has 0 radical (unpaired) electrons. The number of aliphatic imine (C=N–C) groups is 1. The second kappa shape index (κ2) is 8.01. The number of nitrogens with zero attached hydrogens (tertiary/aromatic N) is 2. The molecule has 146 valence electrons. The van der Waals surface area contributed by atoms with Gasteiger partial charge < -0.3 is 25.1 Å². The topological polar surface area (TPSA) is 73.0 Å². The summed E-state index contributed by atoms with van der Waals surface area (Å²) >= 11 is 0. The highest BCUT2D eigenvalue weighted by atomic mass is 16.3. The zero-order valence-corrected chi connectivity index (χ0v) is 16.6. The first-order valence-corrected chi connectivity index (χ1v) is 9.95. The molecule has 3 N–H and O–H groups in total. The Balaban J connectivity index is 1.55. The molecule has 1 aliphatic heterocycles. The minimum absolute atomic E-state index is 0.293. The summed E-state index contributed by atoms with van der Waals surface area (Å²) in [5, 5.41) is 17.6. The summed E-state index contributed by atoms with van der Waals surface area (Å²) in [4.78, 5) is 7.26. The minimum Gasteiger partial charge on any atom is -0.466 e. The van der Waals surface area contributed by atoms with E-state index in [1.54, 1.807) is 6.92 Å². The van der Waals surface area contributed by atoms with E-state index in [4.69, 9.17) is 4.42 Å². The van der Waals surface area contributed by atoms with Crippen molar-refractivity contribution in [3.8, 4) is 0 Å². The van der Waals surface area contributed by atoms with Crippen LogP contribution in [0.2, 0.25) is 0 Å². The first kappa shape index (κ1) is 19.2. The Kier molecular flexibility index (Phi) is 5.92. The molecule has 0 bridgehead atoms. The smallest absolute Gasteiger partial charge is 0.191 e. The van der Waals surface area contributed by atoms with Gasteiger partial charge in [0.2, 0.25) is 0 Å². The van der Waals surface area contributed by atoms with Crippen molar-refractivity contribution >= 4 is 5.96 Å². The average molecular weight is 363 g/mol. The highest BCUT2D eigenvalue weighted by molar-refractivity contribution is 5.79. The summed E-state index contributed by atoms with van der Waals surface area (Å²) in [7, 11) is 0. The van der Waals surface area contributed by atoms with Crippen molar-refractivity contribution in [3.05, 3.63) is 23.2 Å². The summed E-state index contributed by atoms with van der Waals surface area (Å²) < 4.78 is 5.56. The Hall–Kier alpha value is -1.53. The van der Waals surface area contributed by atoms with E-state index >= 15 is 0 Å². The third kappa shape index (κ3) is 4.80. The second-order valence-corrected chi connectivity index (χ2v) is 8.06. The fourth-order valence-corrected chi connectivity index (χ4v) is 3.87. The van der Waals surface area contributed by atoms with Gasteiger partial charge in [-0.05, 0) is 65.5 Å². The van der Waals surface area contributed by atoms with Crippen LogP contribution in [-0.4, -0.2) is 54.7 Å². The maximum Gasteiger partial charge on any atom is 0.191 e. The van der Waals surface area contributed by atoms with E-state index in [1.165, 1.54) is 32.4 Å². The Bertz CT molecular complexity index is 634. The Morgan fingerprint density at radius 3 is 2.73 bits per heavy atom. The summed E-state index contributed by atoms with van der Waals surface area (Å²) in [5.74, 6) is 3.02. The van der Waals surface area contributed by atoms with E-state index in [0.29, 0.717) is 12.5 Å². The number of guanidine groups is 1. The SMILES string of the molecule is CCNC(=NCC(C)(O)c1cc(C)oc1C)NCC1CCN(C2CC2)C1. The lowest BCUT2D eigenvalue weighted by Crippen LogP contribution is -2.41. The van der Waals surface area contributed by atoms with Gasteiger partial charge >= 0.3 is 0 Å². The van der Waals surface area contributed by atoms with Crippen LogP contribution in [0.5, 0.6) is 0 Å². The van der Waals surface area contributed by atoms with Crippen molar-refractivity contribution in [3.63, 3.8) is 0 Å². The molecule has 1 saturated carbocycles. The number of hydrogen-bond donors (Lipinski definition) is 3. The Morgan fingerprint density at radius 1 is 1.35 bits per heavy atom. The van der Waals surface area contributed by atoms with Crippen molar-refractivity contribution in [2.75, 3.05) is 32.7 Å². The molecule has 6 heteroatoms. The van der Waals surface area contributed by atoms with Gasteiger partial charge in [-0.2, -0.15) is 0 Å². The van der Waals surface area contributed by atoms with Crippen molar-refractivity contribution in [1.29, 1.82) is 0 Å². The molecule has 26 heavy (non-hydrogen) atoms. The maximum atomic E-state index is 10.9. The standard InChI is InChI=1S/C20H34N4O2/c1-5-21-19(22-11-16-8-9-24(12-16)17-6-7-17)23-13-20(4,25)18-10-14(2)26-15(18)3/h10,16-17,25H,5-9,11-13H2,1-4H3,(H2,21,22,23). The first-order chi connectivity index (χ1) is 12.4. The summed E-state index contributed by atoms with van der Waals surface area (Å²) in [6, 6.07) is 2.76. The number of rotatable bonds is 7. The fraction of sp³-hybridized carbons (Fsp3) is 0.750. The van der Waals surface area contributed by atoms with Crippen LogP contribution in [0.3, 0.4) is 0 Å². The van der Waals surface area contributed by atoms with Crippen LogP contribution in [0.4, 0.5) is 0 Å². The molecule has 1 aliphatic carbocycles. The van der Waals surface area contributed by atoms with E-state index in [0.717, 1.165) is 42.2 Å². The largest absolute Gasteiger partial charge is 0.466 e. The van der Waals surface area contributed by atoms with Gasteiger partial charge in [0.25, 0.3) is 0 Å². The highest BCUT2D eigenvalue weighted by Gasteiger charge is 2.34. The van der Waals surface area contributed by atoms with Crippen molar-refractivity contribution < 1.29 is 9.52 Å². The van der Waals surface area contributed by atoms with Crippen LogP contribution in [0.15, 0.2) is 15.5 Å². The monoisotopic (exact) mass is 362 g/mol. The van der Waals surface area contributed by atoms with Gasteiger partial charge in [-0.25, -0.2) is 4.99 Å². The van der Waals surface area contributed by atoms with Crippen LogP contribution in [0.1, 0.15) is 50.2 Å². The molecule has 1 aromatic rings. The van der Waals surface area contributed by atoms with Gasteiger partial charge in [0.1, 0.15) is 17.1 Å².